The molecule has 4 aromatic rings. The molecule has 12 heteroatoms. The van der Waals surface area contributed by atoms with Crippen molar-refractivity contribution in [2.45, 2.75) is 16.2 Å². The van der Waals surface area contributed by atoms with Gasteiger partial charge in [0.1, 0.15) is 11.1 Å². The van der Waals surface area contributed by atoms with Crippen molar-refractivity contribution in [3.05, 3.63) is 98.7 Å². The fourth-order valence-electron chi connectivity index (χ4n) is 5.08. The SMILES string of the molecule is COc1cc([C@H]2c3sc(=O)[nH]c3SC3C(=O)N(c4ccccc4)C(=O)C32)ccc1OCC(=O)Nc1ccc(F)cc1. The summed E-state index contributed by atoms with van der Waals surface area (Å²) in [5.41, 5.74) is 1.58. The number of fused-ring (bicyclic) bond motifs is 2. The van der Waals surface area contributed by atoms with E-state index in [0.29, 0.717) is 32.6 Å². The molecule has 1 fully saturated rings. The third-order valence-corrected chi connectivity index (χ3v) is 9.27. The number of thiazole rings is 1. The molecule has 0 spiro atoms. The van der Waals surface area contributed by atoms with Gasteiger partial charge >= 0.3 is 4.87 Å². The zero-order chi connectivity index (χ0) is 28.7. The molecule has 1 saturated heterocycles. The molecule has 2 unspecified atom stereocenters. The highest BCUT2D eigenvalue weighted by Crippen LogP contribution is 2.53. The number of hydrogen-bond donors (Lipinski definition) is 2. The predicted molar refractivity (Wildman–Crippen MR) is 152 cm³/mol. The third kappa shape index (κ3) is 5.00. The van der Waals surface area contributed by atoms with Crippen molar-refractivity contribution in [3.8, 4) is 11.5 Å². The van der Waals surface area contributed by atoms with Crippen molar-refractivity contribution in [2.24, 2.45) is 5.92 Å². The summed E-state index contributed by atoms with van der Waals surface area (Å²) in [7, 11) is 1.45. The number of ether oxygens (including phenoxy) is 2. The van der Waals surface area contributed by atoms with Gasteiger partial charge in [0.2, 0.25) is 11.8 Å². The van der Waals surface area contributed by atoms with Gasteiger partial charge in [-0.2, -0.15) is 0 Å². The van der Waals surface area contributed by atoms with Crippen molar-refractivity contribution in [3.63, 3.8) is 0 Å². The van der Waals surface area contributed by atoms with Crippen molar-refractivity contribution >= 4 is 52.2 Å². The molecule has 208 valence electrons. The maximum atomic E-state index is 13.8. The van der Waals surface area contributed by atoms with E-state index in [-0.39, 0.29) is 29.0 Å². The molecule has 41 heavy (non-hydrogen) atoms. The van der Waals surface area contributed by atoms with Crippen LogP contribution < -0.4 is 24.6 Å². The number of thioether (sulfide) groups is 1. The standard InChI is InChI=1S/C29H22FN3O6S2/c1-38-20-13-15(7-12-19(20)39-14-21(34)31-17-10-8-16(30)9-11-17)22-23-25(40-26-24(22)41-29(37)32-26)28(36)33(27(23)35)18-5-3-2-4-6-18/h2-13,22-23,25H,14H2,1H3,(H,31,34)(H,32,37)/t22-,23?,25?/m1/s1. The van der Waals surface area contributed by atoms with Gasteiger partial charge in [0.15, 0.2) is 18.1 Å². The molecule has 3 amide bonds. The Morgan fingerprint density at radius 3 is 2.49 bits per heavy atom. The van der Waals surface area contributed by atoms with E-state index >= 15 is 0 Å². The van der Waals surface area contributed by atoms with Gasteiger partial charge in [-0.15, -0.1) is 0 Å². The quantitative estimate of drug-likeness (QED) is 0.306. The van der Waals surface area contributed by atoms with E-state index in [1.165, 1.54) is 48.0 Å². The number of amides is 3. The van der Waals surface area contributed by atoms with E-state index in [4.69, 9.17) is 9.47 Å². The van der Waals surface area contributed by atoms with Gasteiger partial charge in [-0.25, -0.2) is 9.29 Å². The number of hydrogen-bond acceptors (Lipinski definition) is 8. The number of nitrogens with one attached hydrogen (secondary N) is 2. The summed E-state index contributed by atoms with van der Waals surface area (Å²) in [6.45, 7) is -0.333. The van der Waals surface area contributed by atoms with E-state index in [2.05, 4.69) is 10.3 Å². The number of methoxy groups -OCH3 is 1. The van der Waals surface area contributed by atoms with E-state index < -0.39 is 28.8 Å². The van der Waals surface area contributed by atoms with Crippen LogP contribution in [0, 0.1) is 11.7 Å². The van der Waals surface area contributed by atoms with Crippen LogP contribution in [0.2, 0.25) is 0 Å². The molecule has 2 N–H and O–H groups in total. The van der Waals surface area contributed by atoms with Crippen LogP contribution >= 0.6 is 23.1 Å². The molecule has 3 atom stereocenters. The molecule has 3 aromatic carbocycles. The van der Waals surface area contributed by atoms with Gasteiger partial charge in [0.25, 0.3) is 5.91 Å². The number of carbonyl (C=O) groups excluding carboxylic acids is 3. The summed E-state index contributed by atoms with van der Waals surface area (Å²) in [6, 6.07) is 19.2. The van der Waals surface area contributed by atoms with E-state index in [1.807, 2.05) is 6.07 Å². The van der Waals surface area contributed by atoms with Crippen LogP contribution in [0.3, 0.4) is 0 Å². The molecule has 0 bridgehead atoms. The van der Waals surface area contributed by atoms with Gasteiger partial charge in [-0.1, -0.05) is 47.4 Å². The summed E-state index contributed by atoms with van der Waals surface area (Å²) < 4.78 is 24.4. The Hall–Kier alpha value is -4.42. The summed E-state index contributed by atoms with van der Waals surface area (Å²) in [4.78, 5) is 56.5. The van der Waals surface area contributed by atoms with Crippen LogP contribution in [0.1, 0.15) is 16.4 Å². The van der Waals surface area contributed by atoms with E-state index in [9.17, 15) is 23.6 Å². The molecule has 9 nitrogen and oxygen atoms in total. The largest absolute Gasteiger partial charge is 0.493 e. The number of nitrogens with zero attached hydrogens (tertiary/aromatic N) is 1. The minimum atomic E-state index is -0.746. The summed E-state index contributed by atoms with van der Waals surface area (Å²) in [6.07, 6.45) is 0. The zero-order valence-electron chi connectivity index (χ0n) is 21.5. The van der Waals surface area contributed by atoms with Crippen LogP contribution in [-0.2, 0) is 14.4 Å². The lowest BCUT2D eigenvalue weighted by atomic mass is 9.83. The zero-order valence-corrected chi connectivity index (χ0v) is 23.1. The third-order valence-electron chi connectivity index (χ3n) is 6.87. The maximum Gasteiger partial charge on any atom is 0.305 e. The van der Waals surface area contributed by atoms with Crippen LogP contribution in [0.4, 0.5) is 15.8 Å². The van der Waals surface area contributed by atoms with Gasteiger partial charge in [-0.3, -0.25) is 19.2 Å². The Balaban J connectivity index is 1.29. The number of benzene rings is 3. The van der Waals surface area contributed by atoms with Gasteiger partial charge in [0.05, 0.1) is 23.7 Å². The molecule has 0 radical (unpaired) electrons. The maximum absolute atomic E-state index is 13.8. The van der Waals surface area contributed by atoms with Gasteiger partial charge in [0, 0.05) is 16.5 Å². The molecular formula is C29H22FN3O6S2. The average Bonchev–Trinajstić information content (AvgIpc) is 3.47. The first-order valence-corrected chi connectivity index (χ1v) is 14.2. The van der Waals surface area contributed by atoms with Gasteiger partial charge in [-0.05, 0) is 54.1 Å². The highest BCUT2D eigenvalue weighted by atomic mass is 32.2. The monoisotopic (exact) mass is 591 g/mol. The number of anilines is 2. The normalized spacial score (nSPS) is 19.5. The van der Waals surface area contributed by atoms with Crippen LogP contribution in [0.25, 0.3) is 0 Å². The molecule has 3 heterocycles. The Morgan fingerprint density at radius 1 is 1.00 bits per heavy atom. The first-order valence-electron chi connectivity index (χ1n) is 12.5. The molecule has 1 aromatic heterocycles. The highest BCUT2D eigenvalue weighted by Gasteiger charge is 2.56. The number of H-pyrrole nitrogens is 1. The second-order valence-corrected chi connectivity index (χ2v) is 11.5. The molecular weight excluding hydrogens is 569 g/mol. The number of aromatic nitrogens is 1. The van der Waals surface area contributed by atoms with Crippen molar-refractivity contribution in [2.75, 3.05) is 23.9 Å². The smallest absolute Gasteiger partial charge is 0.305 e. The lowest BCUT2D eigenvalue weighted by molar-refractivity contribution is -0.122. The number of para-hydroxylation sites is 1. The van der Waals surface area contributed by atoms with Crippen molar-refractivity contribution in [1.82, 2.24) is 4.98 Å². The first-order chi connectivity index (χ1) is 19.8. The Kier molecular flexibility index (Phi) is 7.10. The van der Waals surface area contributed by atoms with E-state index in [0.717, 1.165) is 11.3 Å². The second-order valence-electron chi connectivity index (χ2n) is 9.35. The van der Waals surface area contributed by atoms with Crippen LogP contribution in [-0.4, -0.2) is 41.7 Å². The van der Waals surface area contributed by atoms with Crippen molar-refractivity contribution in [1.29, 1.82) is 0 Å². The van der Waals surface area contributed by atoms with Crippen LogP contribution in [0.5, 0.6) is 11.5 Å². The fourth-order valence-corrected chi connectivity index (χ4v) is 7.59. The minimum Gasteiger partial charge on any atom is -0.493 e. The van der Waals surface area contributed by atoms with E-state index in [1.54, 1.807) is 42.5 Å². The number of carbonyl (C=O) groups is 3. The first kappa shape index (κ1) is 26.8. The van der Waals surface area contributed by atoms with Gasteiger partial charge < -0.3 is 19.8 Å². The molecule has 2 aliphatic heterocycles. The Morgan fingerprint density at radius 2 is 1.76 bits per heavy atom. The van der Waals surface area contributed by atoms with Crippen LogP contribution in [0.15, 0.2) is 82.6 Å². The molecule has 0 saturated carbocycles. The Bertz CT molecular complexity index is 1710. The summed E-state index contributed by atoms with van der Waals surface area (Å²) >= 11 is 2.22. The fraction of sp³-hybridized carbons (Fsp3) is 0.172. The average molecular weight is 592 g/mol. The lowest BCUT2D eigenvalue weighted by Gasteiger charge is -2.30. The second kappa shape index (κ2) is 10.9. The minimum absolute atomic E-state index is 0.272. The number of imide groups is 1. The molecule has 6 rings (SSSR count). The number of rotatable bonds is 7. The number of aromatic amines is 1. The van der Waals surface area contributed by atoms with Crippen molar-refractivity contribution < 1.29 is 28.2 Å². The number of halogens is 1. The Labute approximate surface area is 241 Å². The summed E-state index contributed by atoms with van der Waals surface area (Å²) in [5.74, 6) is -2.28. The molecule has 2 aliphatic rings. The topological polar surface area (TPSA) is 118 Å². The lowest BCUT2D eigenvalue weighted by Crippen LogP contribution is -2.32. The molecule has 0 aliphatic carbocycles. The highest BCUT2D eigenvalue weighted by molar-refractivity contribution is 8.00. The summed E-state index contributed by atoms with van der Waals surface area (Å²) in [5, 5.41) is 2.47. The predicted octanol–water partition coefficient (Wildman–Crippen LogP) is 4.40.